The van der Waals surface area contributed by atoms with Crippen LogP contribution in [0.1, 0.15) is 26.6 Å². The summed E-state index contributed by atoms with van der Waals surface area (Å²) in [4.78, 5) is 20.5. The molecule has 39 heavy (non-hydrogen) atoms. The molecule has 0 unspecified atom stereocenters. The Morgan fingerprint density at radius 1 is 0.974 bits per heavy atom. The molecule has 1 saturated heterocycles. The smallest absolute Gasteiger partial charge is 0.328 e. The molecule has 6 rings (SSSR count). The average Bonchev–Trinajstić information content (AvgIpc) is 3.59. The molecule has 1 aliphatic rings. The highest BCUT2D eigenvalue weighted by molar-refractivity contribution is 5.94. The molecule has 0 radical (unpaired) electrons. The maximum absolute atomic E-state index is 13.1. The van der Waals surface area contributed by atoms with Gasteiger partial charge in [0.15, 0.2) is 0 Å². The second kappa shape index (κ2) is 9.01. The Morgan fingerprint density at radius 3 is 2.36 bits per heavy atom. The number of rotatable bonds is 4. The van der Waals surface area contributed by atoms with Crippen LogP contribution in [0.25, 0.3) is 38.9 Å². The minimum atomic E-state index is -0.253. The molecule has 5 aromatic rings. The normalized spacial score (nSPS) is 14.6. The lowest BCUT2D eigenvalue weighted by atomic mass is 9.95. The first-order chi connectivity index (χ1) is 18.6. The van der Waals surface area contributed by atoms with Crippen molar-refractivity contribution in [1.29, 1.82) is 0 Å². The molecule has 3 aromatic heterocycles. The number of morpholine rings is 1. The molecule has 0 aliphatic carbocycles. The van der Waals surface area contributed by atoms with Crippen LogP contribution in [0.5, 0.6) is 5.75 Å². The molecule has 2 aromatic carbocycles. The van der Waals surface area contributed by atoms with E-state index in [4.69, 9.17) is 14.5 Å². The highest BCUT2D eigenvalue weighted by Crippen LogP contribution is 2.39. The van der Waals surface area contributed by atoms with Crippen LogP contribution < -0.4 is 15.3 Å². The van der Waals surface area contributed by atoms with Crippen molar-refractivity contribution in [3.05, 3.63) is 53.0 Å². The van der Waals surface area contributed by atoms with Gasteiger partial charge < -0.3 is 14.4 Å². The minimum Gasteiger partial charge on any atom is -0.496 e. The summed E-state index contributed by atoms with van der Waals surface area (Å²) >= 11 is 0. The van der Waals surface area contributed by atoms with E-state index in [-0.39, 0.29) is 11.1 Å². The number of methoxy groups -OCH3 is 1. The molecule has 1 aliphatic heterocycles. The Kier molecular flexibility index (Phi) is 5.83. The van der Waals surface area contributed by atoms with Gasteiger partial charge in [0.1, 0.15) is 11.6 Å². The van der Waals surface area contributed by atoms with E-state index in [1.807, 2.05) is 33.5 Å². The van der Waals surface area contributed by atoms with E-state index in [1.165, 1.54) is 0 Å². The van der Waals surface area contributed by atoms with Gasteiger partial charge in [-0.25, -0.2) is 9.78 Å². The molecule has 204 valence electrons. The predicted octanol–water partition coefficient (Wildman–Crippen LogP) is 3.76. The van der Waals surface area contributed by atoms with Crippen LogP contribution >= 0.6 is 0 Å². The van der Waals surface area contributed by atoms with Crippen molar-refractivity contribution in [3.63, 3.8) is 0 Å². The molecule has 0 saturated carbocycles. The molecule has 0 bridgehead atoms. The maximum Gasteiger partial charge on any atom is 0.328 e. The van der Waals surface area contributed by atoms with E-state index in [2.05, 4.69) is 59.6 Å². The van der Waals surface area contributed by atoms with Gasteiger partial charge >= 0.3 is 5.69 Å². The molecule has 0 amide bonds. The van der Waals surface area contributed by atoms with Gasteiger partial charge in [0.2, 0.25) is 0 Å². The van der Waals surface area contributed by atoms with Gasteiger partial charge in [0.25, 0.3) is 0 Å². The van der Waals surface area contributed by atoms with Gasteiger partial charge in [-0.2, -0.15) is 5.10 Å². The van der Waals surface area contributed by atoms with Crippen LogP contribution in [0.3, 0.4) is 0 Å². The minimum absolute atomic E-state index is 0.0500. The van der Waals surface area contributed by atoms with Crippen LogP contribution in [0.2, 0.25) is 0 Å². The third-order valence-electron chi connectivity index (χ3n) is 7.60. The lowest BCUT2D eigenvalue weighted by Gasteiger charge is -2.30. The maximum atomic E-state index is 13.1. The summed E-state index contributed by atoms with van der Waals surface area (Å²) in [7, 11) is 7.26. The number of ether oxygens (including phenoxy) is 2. The molecule has 0 atom stereocenters. The molecule has 1 fully saturated rings. The highest BCUT2D eigenvalue weighted by atomic mass is 16.5. The van der Waals surface area contributed by atoms with Crippen molar-refractivity contribution < 1.29 is 9.47 Å². The number of hydrogen-bond acceptors (Lipinski definition) is 6. The molecule has 0 N–H and O–H groups in total. The number of fused-ring (bicyclic) bond motifs is 2. The molecular weight excluding hydrogens is 494 g/mol. The summed E-state index contributed by atoms with van der Waals surface area (Å²) in [5.41, 5.74) is 7.20. The van der Waals surface area contributed by atoms with Crippen molar-refractivity contribution >= 4 is 27.8 Å². The van der Waals surface area contributed by atoms with Gasteiger partial charge in [0.05, 0.1) is 60.0 Å². The number of anilines is 1. The van der Waals surface area contributed by atoms with Gasteiger partial charge in [-0.3, -0.25) is 18.4 Å². The first kappa shape index (κ1) is 25.2. The Bertz CT molecular complexity index is 1770. The van der Waals surface area contributed by atoms with E-state index in [1.54, 1.807) is 20.9 Å². The Balaban J connectivity index is 1.67. The summed E-state index contributed by atoms with van der Waals surface area (Å²) in [6.45, 7) is 9.35. The predicted molar refractivity (Wildman–Crippen MR) is 153 cm³/mol. The van der Waals surface area contributed by atoms with E-state index < -0.39 is 0 Å². The molecule has 10 heteroatoms. The first-order valence-corrected chi connectivity index (χ1v) is 13.2. The van der Waals surface area contributed by atoms with Crippen LogP contribution in [0.15, 0.2) is 41.5 Å². The fourth-order valence-corrected chi connectivity index (χ4v) is 5.61. The number of hydrogen-bond donors (Lipinski definition) is 0. The molecular formula is C29H35N7O3. The first-order valence-electron chi connectivity index (χ1n) is 13.2. The summed E-state index contributed by atoms with van der Waals surface area (Å²) in [6, 6.07) is 8.42. The van der Waals surface area contributed by atoms with E-state index in [0.29, 0.717) is 13.2 Å². The van der Waals surface area contributed by atoms with Crippen LogP contribution in [-0.2, 0) is 31.3 Å². The van der Waals surface area contributed by atoms with Gasteiger partial charge in [-0.15, -0.1) is 0 Å². The van der Waals surface area contributed by atoms with Crippen molar-refractivity contribution in [1.82, 2.24) is 28.5 Å². The van der Waals surface area contributed by atoms with Crippen molar-refractivity contribution in [3.8, 4) is 22.6 Å². The number of imidazole rings is 2. The third kappa shape index (κ3) is 4.01. The van der Waals surface area contributed by atoms with Gasteiger partial charge in [-0.05, 0) is 18.2 Å². The third-order valence-corrected chi connectivity index (χ3v) is 7.60. The monoisotopic (exact) mass is 529 g/mol. The van der Waals surface area contributed by atoms with Crippen molar-refractivity contribution in [2.75, 3.05) is 38.3 Å². The van der Waals surface area contributed by atoms with Gasteiger partial charge in [0, 0.05) is 63.0 Å². The lowest BCUT2D eigenvalue weighted by molar-refractivity contribution is 0.123. The van der Waals surface area contributed by atoms with Crippen molar-refractivity contribution in [2.24, 2.45) is 21.1 Å². The number of aryl methyl sites for hydroxylation is 3. The Morgan fingerprint density at radius 2 is 1.72 bits per heavy atom. The molecule has 0 spiro atoms. The molecule has 4 heterocycles. The van der Waals surface area contributed by atoms with E-state index in [9.17, 15) is 4.79 Å². The topological polar surface area (TPSA) is 84.3 Å². The number of nitrogens with zero attached hydrogens (tertiary/aromatic N) is 7. The molecule has 10 nitrogen and oxygen atoms in total. The average molecular weight is 530 g/mol. The SMILES string of the molecule is COc1cc2c(cc1-c1cnn(C)c1)nc(C(C)(C)C)n2-c1cc(N2CCOCC2)c2c(c1)n(C)c(=O)n2C. The zero-order valence-electron chi connectivity index (χ0n) is 23.6. The van der Waals surface area contributed by atoms with Crippen molar-refractivity contribution in [2.45, 2.75) is 26.2 Å². The van der Waals surface area contributed by atoms with Crippen LogP contribution in [-0.4, -0.2) is 61.9 Å². The number of benzene rings is 2. The number of aromatic nitrogens is 6. The highest BCUT2D eigenvalue weighted by Gasteiger charge is 2.27. The largest absolute Gasteiger partial charge is 0.496 e. The lowest BCUT2D eigenvalue weighted by Crippen LogP contribution is -2.36. The van der Waals surface area contributed by atoms with E-state index in [0.717, 1.165) is 69.2 Å². The van der Waals surface area contributed by atoms with Gasteiger partial charge in [-0.1, -0.05) is 20.8 Å². The standard InChI is InChI=1S/C29H35N7O3/c1-29(2,3)27-31-21-14-20(18-16-30-32(4)17-18)25(38-7)15-22(21)36(27)19-12-23-26(34(6)28(37)33(23)5)24(13-19)35-8-10-39-11-9-35/h12-17H,8-11H2,1-7H3. The zero-order chi connectivity index (χ0) is 27.6. The summed E-state index contributed by atoms with van der Waals surface area (Å²) in [6.07, 6.45) is 3.81. The van der Waals surface area contributed by atoms with Crippen LogP contribution in [0.4, 0.5) is 5.69 Å². The summed E-state index contributed by atoms with van der Waals surface area (Å²) in [5.74, 6) is 1.68. The van der Waals surface area contributed by atoms with Crippen LogP contribution in [0, 0.1) is 0 Å². The summed E-state index contributed by atoms with van der Waals surface area (Å²) < 4.78 is 19.0. The fraction of sp³-hybridized carbons (Fsp3) is 0.414. The van der Waals surface area contributed by atoms with E-state index >= 15 is 0 Å². The second-order valence-corrected chi connectivity index (χ2v) is 11.3. The fourth-order valence-electron chi connectivity index (χ4n) is 5.61. The zero-order valence-corrected chi connectivity index (χ0v) is 23.6. The summed E-state index contributed by atoms with van der Waals surface area (Å²) in [5, 5.41) is 4.35. The second-order valence-electron chi connectivity index (χ2n) is 11.3. The quantitative estimate of drug-likeness (QED) is 0.353. The Hall–Kier alpha value is -4.05. The Labute approximate surface area is 227 Å².